The van der Waals surface area contributed by atoms with Crippen molar-refractivity contribution in [2.45, 2.75) is 19.9 Å². The molecule has 1 rings (SSSR count). The first-order valence-corrected chi connectivity index (χ1v) is 5.42. The van der Waals surface area contributed by atoms with Crippen molar-refractivity contribution in [2.75, 3.05) is 12.4 Å². The number of rotatable bonds is 3. The Morgan fingerprint density at radius 3 is 2.53 bits per heavy atom. The highest BCUT2D eigenvalue weighted by Crippen LogP contribution is 2.10. The molecule has 0 spiro atoms. The Morgan fingerprint density at radius 1 is 1.24 bits per heavy atom. The average molecular weight is 235 g/mol. The van der Waals surface area contributed by atoms with E-state index >= 15 is 0 Å². The van der Waals surface area contributed by atoms with Crippen molar-refractivity contribution >= 4 is 17.6 Å². The summed E-state index contributed by atoms with van der Waals surface area (Å²) in [5.74, 6) is -0.182. The highest BCUT2D eigenvalue weighted by molar-refractivity contribution is 5.96. The Bertz CT molecular complexity index is 416. The van der Waals surface area contributed by atoms with E-state index in [0.29, 0.717) is 11.3 Å². The topological polar surface area (TPSA) is 70.2 Å². The fourth-order valence-corrected chi connectivity index (χ4v) is 1.31. The predicted molar refractivity (Wildman–Crippen MR) is 67.1 cm³/mol. The summed E-state index contributed by atoms with van der Waals surface area (Å²) in [6.07, 6.45) is 0. The van der Waals surface area contributed by atoms with E-state index in [0.717, 1.165) is 0 Å². The molecule has 5 nitrogen and oxygen atoms in total. The minimum Gasteiger partial charge on any atom is -0.355 e. The number of benzene rings is 1. The van der Waals surface area contributed by atoms with E-state index in [2.05, 4.69) is 16.0 Å². The lowest BCUT2D eigenvalue weighted by Crippen LogP contribution is -2.34. The van der Waals surface area contributed by atoms with Gasteiger partial charge < -0.3 is 16.0 Å². The third-order valence-electron chi connectivity index (χ3n) is 2.03. The van der Waals surface area contributed by atoms with Crippen molar-refractivity contribution in [1.82, 2.24) is 10.6 Å². The first-order chi connectivity index (χ1) is 8.02. The van der Waals surface area contributed by atoms with Gasteiger partial charge in [0.15, 0.2) is 0 Å². The van der Waals surface area contributed by atoms with E-state index in [-0.39, 0.29) is 18.0 Å². The second-order valence-electron chi connectivity index (χ2n) is 3.91. The maximum absolute atomic E-state index is 11.5. The molecule has 0 saturated heterocycles. The Hall–Kier alpha value is -2.04. The molecule has 17 heavy (non-hydrogen) atoms. The molecule has 0 heterocycles. The third kappa shape index (κ3) is 4.14. The Labute approximate surface area is 101 Å². The Balaban J connectivity index is 2.72. The molecular formula is C12H17N3O2. The molecule has 0 radical (unpaired) electrons. The van der Waals surface area contributed by atoms with Crippen LogP contribution in [0.15, 0.2) is 24.3 Å². The molecule has 92 valence electrons. The summed E-state index contributed by atoms with van der Waals surface area (Å²) in [7, 11) is 1.56. The van der Waals surface area contributed by atoms with Crippen LogP contribution >= 0.6 is 0 Å². The smallest absolute Gasteiger partial charge is 0.319 e. The van der Waals surface area contributed by atoms with Crippen LogP contribution in [0.25, 0.3) is 0 Å². The van der Waals surface area contributed by atoms with Gasteiger partial charge in [0, 0.05) is 24.3 Å². The van der Waals surface area contributed by atoms with Gasteiger partial charge in [0.1, 0.15) is 0 Å². The summed E-state index contributed by atoms with van der Waals surface area (Å²) in [6, 6.07) is 6.54. The molecule has 1 aromatic rings. The largest absolute Gasteiger partial charge is 0.355 e. The van der Waals surface area contributed by atoms with Crippen LogP contribution in [0.4, 0.5) is 10.5 Å². The van der Waals surface area contributed by atoms with Gasteiger partial charge in [-0.15, -0.1) is 0 Å². The van der Waals surface area contributed by atoms with Gasteiger partial charge in [-0.1, -0.05) is 6.07 Å². The second kappa shape index (κ2) is 5.89. The Morgan fingerprint density at radius 2 is 1.94 bits per heavy atom. The van der Waals surface area contributed by atoms with E-state index in [4.69, 9.17) is 0 Å². The molecule has 0 fully saturated rings. The molecule has 0 unspecified atom stereocenters. The van der Waals surface area contributed by atoms with Gasteiger partial charge in [-0.25, -0.2) is 4.79 Å². The zero-order chi connectivity index (χ0) is 12.8. The van der Waals surface area contributed by atoms with Gasteiger partial charge in [-0.3, -0.25) is 4.79 Å². The molecule has 5 heteroatoms. The average Bonchev–Trinajstić information content (AvgIpc) is 2.27. The quantitative estimate of drug-likeness (QED) is 0.744. The van der Waals surface area contributed by atoms with E-state index < -0.39 is 0 Å². The standard InChI is InChI=1S/C12H17N3O2/c1-8(2)14-12(17)15-10-6-4-5-9(7-10)11(16)13-3/h4-8H,1-3H3,(H,13,16)(H2,14,15,17). The van der Waals surface area contributed by atoms with Crippen molar-refractivity contribution in [3.8, 4) is 0 Å². The summed E-state index contributed by atoms with van der Waals surface area (Å²) in [4.78, 5) is 22.8. The summed E-state index contributed by atoms with van der Waals surface area (Å²) in [5, 5.41) is 7.89. The van der Waals surface area contributed by atoms with E-state index in [1.54, 1.807) is 31.3 Å². The number of amides is 3. The summed E-state index contributed by atoms with van der Waals surface area (Å²) in [5.41, 5.74) is 1.10. The molecule has 0 bridgehead atoms. The van der Waals surface area contributed by atoms with Crippen LogP contribution in [0.2, 0.25) is 0 Å². The maximum atomic E-state index is 11.5. The molecule has 1 aromatic carbocycles. The predicted octanol–water partition coefficient (Wildman–Crippen LogP) is 1.58. The molecule has 0 atom stereocenters. The van der Waals surface area contributed by atoms with Crippen molar-refractivity contribution in [2.24, 2.45) is 0 Å². The number of carbonyl (C=O) groups excluding carboxylic acids is 2. The van der Waals surface area contributed by atoms with Gasteiger partial charge in [0.2, 0.25) is 0 Å². The second-order valence-corrected chi connectivity index (χ2v) is 3.91. The fourth-order valence-electron chi connectivity index (χ4n) is 1.31. The van der Waals surface area contributed by atoms with Crippen LogP contribution in [0.3, 0.4) is 0 Å². The molecule has 0 aliphatic rings. The number of hydrogen-bond acceptors (Lipinski definition) is 2. The van der Waals surface area contributed by atoms with Gasteiger partial charge in [-0.05, 0) is 32.0 Å². The molecule has 0 aliphatic heterocycles. The van der Waals surface area contributed by atoms with Crippen LogP contribution in [-0.2, 0) is 0 Å². The number of anilines is 1. The third-order valence-corrected chi connectivity index (χ3v) is 2.03. The van der Waals surface area contributed by atoms with Gasteiger partial charge in [-0.2, -0.15) is 0 Å². The molecular weight excluding hydrogens is 218 g/mol. The number of hydrogen-bond donors (Lipinski definition) is 3. The first-order valence-electron chi connectivity index (χ1n) is 5.42. The molecule has 3 N–H and O–H groups in total. The van der Waals surface area contributed by atoms with Crippen LogP contribution in [0.1, 0.15) is 24.2 Å². The summed E-state index contributed by atoms with van der Waals surface area (Å²) in [6.45, 7) is 3.75. The molecule has 0 aromatic heterocycles. The van der Waals surface area contributed by atoms with Crippen LogP contribution in [-0.4, -0.2) is 25.0 Å². The number of urea groups is 1. The van der Waals surface area contributed by atoms with Crippen LogP contribution in [0, 0.1) is 0 Å². The maximum Gasteiger partial charge on any atom is 0.319 e. The molecule has 3 amide bonds. The van der Waals surface area contributed by atoms with Crippen LogP contribution < -0.4 is 16.0 Å². The summed E-state index contributed by atoms with van der Waals surface area (Å²) < 4.78 is 0. The van der Waals surface area contributed by atoms with Crippen molar-refractivity contribution in [3.05, 3.63) is 29.8 Å². The lowest BCUT2D eigenvalue weighted by Gasteiger charge is -2.10. The number of carbonyl (C=O) groups is 2. The lowest BCUT2D eigenvalue weighted by molar-refractivity contribution is 0.0963. The van der Waals surface area contributed by atoms with E-state index in [9.17, 15) is 9.59 Å². The molecule has 0 saturated carbocycles. The minimum absolute atomic E-state index is 0.0668. The number of nitrogens with one attached hydrogen (secondary N) is 3. The normalized spacial score (nSPS) is 9.88. The van der Waals surface area contributed by atoms with E-state index in [1.165, 1.54) is 0 Å². The zero-order valence-electron chi connectivity index (χ0n) is 10.2. The Kier molecular flexibility index (Phi) is 4.51. The van der Waals surface area contributed by atoms with Crippen molar-refractivity contribution in [3.63, 3.8) is 0 Å². The van der Waals surface area contributed by atoms with Crippen LogP contribution in [0.5, 0.6) is 0 Å². The highest BCUT2D eigenvalue weighted by Gasteiger charge is 2.06. The summed E-state index contributed by atoms with van der Waals surface area (Å²) >= 11 is 0. The van der Waals surface area contributed by atoms with Crippen molar-refractivity contribution in [1.29, 1.82) is 0 Å². The van der Waals surface area contributed by atoms with Gasteiger partial charge in [0.25, 0.3) is 5.91 Å². The van der Waals surface area contributed by atoms with Crippen molar-refractivity contribution < 1.29 is 9.59 Å². The fraction of sp³-hybridized carbons (Fsp3) is 0.333. The first kappa shape index (κ1) is 13.0. The monoisotopic (exact) mass is 235 g/mol. The van der Waals surface area contributed by atoms with E-state index in [1.807, 2.05) is 13.8 Å². The van der Waals surface area contributed by atoms with Gasteiger partial charge in [0.05, 0.1) is 0 Å². The lowest BCUT2D eigenvalue weighted by atomic mass is 10.2. The highest BCUT2D eigenvalue weighted by atomic mass is 16.2. The SMILES string of the molecule is CNC(=O)c1cccc(NC(=O)NC(C)C)c1. The van der Waals surface area contributed by atoms with Gasteiger partial charge >= 0.3 is 6.03 Å². The zero-order valence-corrected chi connectivity index (χ0v) is 10.2. The minimum atomic E-state index is -0.283. The molecule has 0 aliphatic carbocycles.